The van der Waals surface area contributed by atoms with Gasteiger partial charge in [-0.2, -0.15) is 0 Å². The molecule has 0 aliphatic rings. The van der Waals surface area contributed by atoms with E-state index in [4.69, 9.17) is 4.42 Å². The van der Waals surface area contributed by atoms with E-state index in [-0.39, 0.29) is 0 Å². The van der Waals surface area contributed by atoms with E-state index in [0.717, 1.165) is 38.7 Å². The van der Waals surface area contributed by atoms with Gasteiger partial charge in [0.1, 0.15) is 11.2 Å². The lowest BCUT2D eigenvalue weighted by Crippen LogP contribution is -1.95. The Morgan fingerprint density at radius 3 is 1.69 bits per heavy atom. The van der Waals surface area contributed by atoms with E-state index in [0.29, 0.717) is 0 Å². The summed E-state index contributed by atoms with van der Waals surface area (Å²) < 4.78 is 11.2. The van der Waals surface area contributed by atoms with Gasteiger partial charge >= 0.3 is 0 Å². The molecular formula is C52H32N2O. The van der Waals surface area contributed by atoms with E-state index in [2.05, 4.69) is 197 Å². The van der Waals surface area contributed by atoms with Gasteiger partial charge < -0.3 is 13.6 Å². The third-order valence-corrected chi connectivity index (χ3v) is 11.5. The van der Waals surface area contributed by atoms with Crippen LogP contribution in [0.15, 0.2) is 199 Å². The fraction of sp³-hybridized carbons (Fsp3) is 0. The van der Waals surface area contributed by atoms with E-state index in [9.17, 15) is 0 Å². The molecule has 0 radical (unpaired) electrons. The zero-order chi connectivity index (χ0) is 36.0. The van der Waals surface area contributed by atoms with Gasteiger partial charge in [0.15, 0.2) is 0 Å². The van der Waals surface area contributed by atoms with Gasteiger partial charge in [0.25, 0.3) is 0 Å². The van der Waals surface area contributed by atoms with Crippen molar-refractivity contribution in [3.8, 4) is 33.6 Å². The Bertz CT molecular complexity index is 3470. The second-order valence-electron chi connectivity index (χ2n) is 14.5. The first-order chi connectivity index (χ1) is 27.3. The fourth-order valence-electron chi connectivity index (χ4n) is 8.94. The maximum Gasteiger partial charge on any atom is 0.137 e. The SMILES string of the molecule is c1ccc(-c2ccc(-n3c4ccc(-c5ccc6c(c5)c5ccccc5n6-c5cccc6ccccc56)cc4c4cc5c(cc43)oc3ccccc35)cc2)cc1. The van der Waals surface area contributed by atoms with Gasteiger partial charge in [-0.05, 0) is 88.3 Å². The van der Waals surface area contributed by atoms with Crippen LogP contribution in [0.5, 0.6) is 0 Å². The molecule has 3 aromatic heterocycles. The van der Waals surface area contributed by atoms with Crippen molar-refractivity contribution in [3.05, 3.63) is 194 Å². The Morgan fingerprint density at radius 2 is 0.873 bits per heavy atom. The van der Waals surface area contributed by atoms with Crippen LogP contribution in [0.1, 0.15) is 0 Å². The molecule has 0 saturated carbocycles. The molecular weight excluding hydrogens is 669 g/mol. The molecule has 0 saturated heterocycles. The Hall–Kier alpha value is -7.36. The molecule has 3 heterocycles. The maximum absolute atomic E-state index is 6.44. The van der Waals surface area contributed by atoms with Crippen LogP contribution in [-0.2, 0) is 0 Å². The van der Waals surface area contributed by atoms with Crippen LogP contribution in [0.25, 0.3) is 110 Å². The number of fused-ring (bicyclic) bond motifs is 10. The standard InChI is InChI=1S/C52H32N2O/c1-2-11-33(12-3-1)34-21-25-38(26-22-34)53-48-27-23-37(30-43(48)44-31-45-41-17-7-9-20-51(41)55-52(45)32-50(44)53)36-24-28-49-42(29-36)40-16-6-8-18-47(40)54(49)46-19-10-14-35-13-4-5-15-39(35)46/h1-32H. The lowest BCUT2D eigenvalue weighted by molar-refractivity contribution is 0.669. The monoisotopic (exact) mass is 700 g/mol. The Labute approximate surface area is 316 Å². The molecule has 55 heavy (non-hydrogen) atoms. The van der Waals surface area contributed by atoms with Gasteiger partial charge in [0.05, 0.1) is 27.8 Å². The number of nitrogens with zero attached hydrogens (tertiary/aromatic N) is 2. The molecule has 3 heteroatoms. The van der Waals surface area contributed by atoms with Crippen molar-refractivity contribution >= 4 is 76.3 Å². The highest BCUT2D eigenvalue weighted by Crippen LogP contribution is 2.41. The number of benzene rings is 9. The zero-order valence-corrected chi connectivity index (χ0v) is 29.8. The Balaban J connectivity index is 1.08. The van der Waals surface area contributed by atoms with Crippen molar-refractivity contribution in [1.82, 2.24) is 9.13 Å². The molecule has 0 spiro atoms. The van der Waals surface area contributed by atoms with Crippen molar-refractivity contribution in [3.63, 3.8) is 0 Å². The highest BCUT2D eigenvalue weighted by molar-refractivity contribution is 6.18. The van der Waals surface area contributed by atoms with Gasteiger partial charge in [-0.1, -0.05) is 127 Å². The molecule has 12 rings (SSSR count). The average Bonchev–Trinajstić information content (AvgIpc) is 3.89. The van der Waals surface area contributed by atoms with Crippen molar-refractivity contribution in [2.24, 2.45) is 0 Å². The van der Waals surface area contributed by atoms with E-state index in [1.54, 1.807) is 0 Å². The first-order valence-corrected chi connectivity index (χ1v) is 18.8. The highest BCUT2D eigenvalue weighted by Gasteiger charge is 2.19. The van der Waals surface area contributed by atoms with Gasteiger partial charge in [-0.25, -0.2) is 0 Å². The van der Waals surface area contributed by atoms with E-state index in [1.807, 2.05) is 6.07 Å². The first-order valence-electron chi connectivity index (χ1n) is 18.8. The van der Waals surface area contributed by atoms with Crippen LogP contribution in [0.3, 0.4) is 0 Å². The van der Waals surface area contributed by atoms with Gasteiger partial charge in [-0.15, -0.1) is 0 Å². The third kappa shape index (κ3) is 4.50. The number of aromatic nitrogens is 2. The van der Waals surface area contributed by atoms with Gasteiger partial charge in [-0.3, -0.25) is 0 Å². The van der Waals surface area contributed by atoms with Crippen molar-refractivity contribution in [2.45, 2.75) is 0 Å². The second kappa shape index (κ2) is 11.6. The smallest absolute Gasteiger partial charge is 0.137 e. The predicted octanol–water partition coefficient (Wildman–Crippen LogP) is 14.3. The number of hydrogen-bond donors (Lipinski definition) is 0. The molecule has 12 aromatic rings. The zero-order valence-electron chi connectivity index (χ0n) is 29.8. The lowest BCUT2D eigenvalue weighted by atomic mass is 10.00. The summed E-state index contributed by atoms with van der Waals surface area (Å²) in [4.78, 5) is 0. The molecule has 0 aliphatic heterocycles. The number of rotatable bonds is 4. The van der Waals surface area contributed by atoms with E-state index in [1.165, 1.54) is 71.3 Å². The van der Waals surface area contributed by atoms with Crippen molar-refractivity contribution in [2.75, 3.05) is 0 Å². The minimum Gasteiger partial charge on any atom is -0.456 e. The summed E-state index contributed by atoms with van der Waals surface area (Å²) in [7, 11) is 0. The van der Waals surface area contributed by atoms with Crippen LogP contribution in [-0.4, -0.2) is 9.13 Å². The van der Waals surface area contributed by atoms with Crippen LogP contribution in [0.2, 0.25) is 0 Å². The molecule has 0 aliphatic carbocycles. The van der Waals surface area contributed by atoms with Crippen LogP contribution >= 0.6 is 0 Å². The van der Waals surface area contributed by atoms with Crippen LogP contribution in [0.4, 0.5) is 0 Å². The average molecular weight is 701 g/mol. The number of para-hydroxylation sites is 2. The van der Waals surface area contributed by atoms with Crippen LogP contribution < -0.4 is 0 Å². The number of hydrogen-bond acceptors (Lipinski definition) is 1. The summed E-state index contributed by atoms with van der Waals surface area (Å²) >= 11 is 0. The fourth-order valence-corrected chi connectivity index (χ4v) is 8.94. The molecule has 0 unspecified atom stereocenters. The molecule has 0 fully saturated rings. The topological polar surface area (TPSA) is 23.0 Å². The summed E-state index contributed by atoms with van der Waals surface area (Å²) in [6.45, 7) is 0. The van der Waals surface area contributed by atoms with Crippen molar-refractivity contribution < 1.29 is 4.42 Å². The first kappa shape index (κ1) is 30.1. The van der Waals surface area contributed by atoms with Gasteiger partial charge in [0, 0.05) is 49.5 Å². The molecule has 0 amide bonds. The van der Waals surface area contributed by atoms with Crippen molar-refractivity contribution in [1.29, 1.82) is 0 Å². The van der Waals surface area contributed by atoms with Crippen LogP contribution in [0, 0.1) is 0 Å². The molecule has 0 N–H and O–H groups in total. The minimum atomic E-state index is 0.895. The molecule has 0 atom stereocenters. The summed E-state index contributed by atoms with van der Waals surface area (Å²) in [6.07, 6.45) is 0. The largest absolute Gasteiger partial charge is 0.456 e. The summed E-state index contributed by atoms with van der Waals surface area (Å²) in [5, 5.41) is 9.66. The van der Waals surface area contributed by atoms with E-state index >= 15 is 0 Å². The number of furan rings is 1. The summed E-state index contributed by atoms with van der Waals surface area (Å²) in [6, 6.07) is 70.3. The molecule has 0 bridgehead atoms. The predicted molar refractivity (Wildman–Crippen MR) is 231 cm³/mol. The van der Waals surface area contributed by atoms with Gasteiger partial charge in [0.2, 0.25) is 0 Å². The third-order valence-electron chi connectivity index (χ3n) is 11.5. The summed E-state index contributed by atoms with van der Waals surface area (Å²) in [5.74, 6) is 0. The summed E-state index contributed by atoms with van der Waals surface area (Å²) in [5.41, 5.74) is 13.6. The minimum absolute atomic E-state index is 0.895. The normalized spacial score (nSPS) is 12.0. The Kier molecular flexibility index (Phi) is 6.34. The molecule has 3 nitrogen and oxygen atoms in total. The van der Waals surface area contributed by atoms with E-state index < -0.39 is 0 Å². The lowest BCUT2D eigenvalue weighted by Gasteiger charge is -2.12. The highest BCUT2D eigenvalue weighted by atomic mass is 16.3. The maximum atomic E-state index is 6.44. The quantitative estimate of drug-likeness (QED) is 0.179. The second-order valence-corrected chi connectivity index (χ2v) is 14.5. The molecule has 9 aromatic carbocycles. The Morgan fingerprint density at radius 1 is 0.291 bits per heavy atom. The molecule has 256 valence electrons.